The van der Waals surface area contributed by atoms with Crippen molar-refractivity contribution in [1.29, 1.82) is 0 Å². The maximum atomic E-state index is 13.9. The third-order valence-corrected chi connectivity index (χ3v) is 13.1. The summed E-state index contributed by atoms with van der Waals surface area (Å²) in [5.41, 5.74) is 10.4. The summed E-state index contributed by atoms with van der Waals surface area (Å²) < 4.78 is 23.6. The fourth-order valence-corrected chi connectivity index (χ4v) is 8.67. The van der Waals surface area contributed by atoms with E-state index in [1.165, 1.54) is 25.4 Å². The molecule has 412 valence electrons. The van der Waals surface area contributed by atoms with Crippen molar-refractivity contribution in [3.63, 3.8) is 0 Å². The topological polar surface area (TPSA) is 366 Å². The van der Waals surface area contributed by atoms with E-state index < -0.39 is 153 Å². The van der Waals surface area contributed by atoms with Crippen LogP contribution < -0.4 is 16.6 Å². The Morgan fingerprint density at radius 2 is 1.31 bits per heavy atom. The van der Waals surface area contributed by atoms with Crippen molar-refractivity contribution >= 4 is 17.8 Å². The lowest BCUT2D eigenvalue weighted by Gasteiger charge is -2.46. The van der Waals surface area contributed by atoms with Crippen LogP contribution in [0.25, 0.3) is 0 Å². The SMILES string of the molecule is C[C@@H]1[C@H](O)[C@@H](C)/C=C/C=C/C=C/C=C/C=C/C=C/C=C/[C@H](O[C@H]2O[C@@H](C)[C@@H](O)[C@H](N)[C@@H]2O)C[C@@H]2O[C@](O)(C[C@@H](O)C[C@@H](O)[C@H](O)CC[C@@H](O)C[C@@H](O)CC(=O)O[C@H]1C)C[C@H](O)[C@H]2C(=O)NNC(=O)c1cnccn1. The quantitative estimate of drug-likeness (QED) is 0.138. The molecule has 2 fully saturated rings. The van der Waals surface area contributed by atoms with Crippen LogP contribution in [0, 0.1) is 17.8 Å². The number of nitrogens with two attached hydrogens (primary N) is 1. The number of esters is 1. The third-order valence-electron chi connectivity index (χ3n) is 13.1. The number of nitrogens with one attached hydrogen (secondary N) is 2. The van der Waals surface area contributed by atoms with E-state index in [0.717, 1.165) is 6.20 Å². The number of hydrazine groups is 1. The van der Waals surface area contributed by atoms with Crippen molar-refractivity contribution in [1.82, 2.24) is 20.8 Å². The second-order valence-electron chi connectivity index (χ2n) is 19.3. The Bertz CT molecular complexity index is 2110. The molecule has 0 radical (unpaired) electrons. The normalized spacial score (nSPS) is 41.2. The molecule has 3 aliphatic rings. The average molecular weight is 1040 g/mol. The van der Waals surface area contributed by atoms with Gasteiger partial charge in [0.25, 0.3) is 5.91 Å². The number of hydrogen-bond donors (Lipinski definition) is 13. The van der Waals surface area contributed by atoms with Crippen LogP contribution in [-0.2, 0) is 28.5 Å². The largest absolute Gasteiger partial charge is 0.462 e. The molecule has 19 atom stereocenters. The van der Waals surface area contributed by atoms with Gasteiger partial charge in [0.2, 0.25) is 5.91 Å². The number of nitrogens with zero attached hydrogens (tertiary/aromatic N) is 2. The Balaban J connectivity index is 1.62. The molecule has 22 nitrogen and oxygen atoms in total. The van der Waals surface area contributed by atoms with Crippen molar-refractivity contribution in [3.05, 3.63) is 109 Å². The van der Waals surface area contributed by atoms with Crippen LogP contribution in [0.5, 0.6) is 0 Å². The van der Waals surface area contributed by atoms with E-state index in [2.05, 4.69) is 20.8 Å². The number of rotatable bonds is 4. The van der Waals surface area contributed by atoms with Gasteiger partial charge < -0.3 is 75.7 Å². The lowest BCUT2D eigenvalue weighted by atomic mass is 9.82. The minimum Gasteiger partial charge on any atom is -0.462 e. The molecule has 0 saturated carbocycles. The molecule has 14 N–H and O–H groups in total. The minimum absolute atomic E-state index is 0.129. The molecule has 74 heavy (non-hydrogen) atoms. The Kier molecular flexibility index (Phi) is 25.5. The molecule has 1 aromatic heterocycles. The van der Waals surface area contributed by atoms with Crippen LogP contribution in [0.4, 0.5) is 0 Å². The van der Waals surface area contributed by atoms with Gasteiger partial charge in [0.15, 0.2) is 12.1 Å². The molecule has 1 aromatic rings. The van der Waals surface area contributed by atoms with Gasteiger partial charge in [0, 0.05) is 49.9 Å². The smallest absolute Gasteiger partial charge is 0.308 e. The van der Waals surface area contributed by atoms with E-state index in [9.17, 15) is 65.4 Å². The Morgan fingerprint density at radius 1 is 0.689 bits per heavy atom. The van der Waals surface area contributed by atoms with Crippen molar-refractivity contribution in [2.45, 2.75) is 177 Å². The summed E-state index contributed by atoms with van der Waals surface area (Å²) in [5.74, 6) is -7.25. The van der Waals surface area contributed by atoms with Gasteiger partial charge in [0.05, 0.1) is 91.7 Å². The molecular weight excluding hydrogens is 967 g/mol. The van der Waals surface area contributed by atoms with Crippen molar-refractivity contribution in [2.75, 3.05) is 0 Å². The molecule has 22 heteroatoms. The maximum Gasteiger partial charge on any atom is 0.308 e. The van der Waals surface area contributed by atoms with E-state index in [4.69, 9.17) is 24.7 Å². The van der Waals surface area contributed by atoms with Gasteiger partial charge >= 0.3 is 5.97 Å². The second kappa shape index (κ2) is 30.6. The van der Waals surface area contributed by atoms with Gasteiger partial charge in [-0.1, -0.05) is 98.9 Å². The maximum absolute atomic E-state index is 13.9. The number of ether oxygens (including phenoxy) is 4. The van der Waals surface area contributed by atoms with Crippen LogP contribution in [0.2, 0.25) is 0 Å². The number of aromatic nitrogens is 2. The third kappa shape index (κ3) is 20.0. The molecule has 2 bridgehead atoms. The summed E-state index contributed by atoms with van der Waals surface area (Å²) in [6, 6.07) is -1.19. The predicted octanol–water partition coefficient (Wildman–Crippen LogP) is -0.122. The monoisotopic (exact) mass is 1040 g/mol. The van der Waals surface area contributed by atoms with E-state index in [0.29, 0.717) is 0 Å². The van der Waals surface area contributed by atoms with E-state index in [-0.39, 0.29) is 37.3 Å². The molecule has 0 aliphatic carbocycles. The van der Waals surface area contributed by atoms with Crippen LogP contribution >= 0.6 is 0 Å². The highest BCUT2D eigenvalue weighted by molar-refractivity contribution is 5.93. The fourth-order valence-electron chi connectivity index (χ4n) is 8.67. The summed E-state index contributed by atoms with van der Waals surface area (Å²) in [5, 5.41) is 110. The van der Waals surface area contributed by atoms with Crippen molar-refractivity contribution in [2.24, 2.45) is 23.5 Å². The highest BCUT2D eigenvalue weighted by atomic mass is 16.7. The number of carbonyl (C=O) groups excluding carboxylic acids is 3. The van der Waals surface area contributed by atoms with Crippen LogP contribution in [0.15, 0.2) is 104 Å². The lowest BCUT2D eigenvalue weighted by molar-refractivity contribution is -0.307. The number of aliphatic hydroxyl groups excluding tert-OH is 9. The average Bonchev–Trinajstić information content (AvgIpc) is 3.34. The summed E-state index contributed by atoms with van der Waals surface area (Å²) in [7, 11) is 0. The molecule has 0 spiro atoms. The molecular formula is C52H77N5O17. The highest BCUT2D eigenvalue weighted by Crippen LogP contribution is 2.38. The lowest BCUT2D eigenvalue weighted by Crippen LogP contribution is -2.62. The molecule has 3 aliphatic heterocycles. The first-order valence-electron chi connectivity index (χ1n) is 24.9. The van der Waals surface area contributed by atoms with Gasteiger partial charge in [-0.25, -0.2) is 4.98 Å². The zero-order chi connectivity index (χ0) is 54.5. The molecule has 2 saturated heterocycles. The number of aliphatic hydroxyl groups is 10. The van der Waals surface area contributed by atoms with Crippen molar-refractivity contribution < 1.29 is 84.4 Å². The van der Waals surface area contributed by atoms with Gasteiger partial charge in [-0.2, -0.15) is 0 Å². The van der Waals surface area contributed by atoms with Crippen LogP contribution in [0.3, 0.4) is 0 Å². The number of hydrogen-bond acceptors (Lipinski definition) is 20. The number of cyclic esters (lactones) is 1. The van der Waals surface area contributed by atoms with Crippen LogP contribution in [0.1, 0.15) is 89.5 Å². The first kappa shape index (κ1) is 61.7. The van der Waals surface area contributed by atoms with Gasteiger partial charge in [-0.15, -0.1) is 0 Å². The fraction of sp³-hybridized carbons (Fsp3) is 0.596. The summed E-state index contributed by atoms with van der Waals surface area (Å²) in [6.07, 6.45) is 6.49. The minimum atomic E-state index is -2.39. The van der Waals surface area contributed by atoms with Gasteiger partial charge in [0.1, 0.15) is 17.9 Å². The zero-order valence-corrected chi connectivity index (χ0v) is 42.2. The standard InChI is InChI=1S/C52H77N5O17/c1-30-17-15-13-11-9-7-5-6-8-10-12-14-16-18-37(73-51-48(67)45(53)47(66)33(4)72-51)26-42-44(50(69)57-56-49(68)38-29-54-21-22-55-38)41(63)28-52(70,74-42)27-36(60)24-40(62)39(61)20-19-34(58)23-35(59)25-43(64)71-32(3)31(2)46(30)65/h5-18,21-22,29-37,39-42,44-48,51,58-63,65-67,70H,19-20,23-28,53H2,1-4H3,(H,56,68)(H,57,69)/b6-5+,9-7+,10-8+,13-11+,14-12+,17-15+,18-16+/t30-,31-,32-,33-,34+,35+,36-,37-,39+,40+,41-,42-,44+,45-,46+,47+,48-,51+,52+/m0/s1. The Morgan fingerprint density at radius 3 is 1.93 bits per heavy atom. The van der Waals surface area contributed by atoms with Gasteiger partial charge in [-0.05, 0) is 33.1 Å². The zero-order valence-electron chi connectivity index (χ0n) is 42.2. The van der Waals surface area contributed by atoms with Gasteiger partial charge in [-0.3, -0.25) is 30.2 Å². The number of carbonyl (C=O) groups is 3. The highest BCUT2D eigenvalue weighted by Gasteiger charge is 2.51. The van der Waals surface area contributed by atoms with E-state index >= 15 is 0 Å². The molecule has 4 heterocycles. The first-order valence-corrected chi connectivity index (χ1v) is 24.9. The van der Waals surface area contributed by atoms with Crippen molar-refractivity contribution in [3.8, 4) is 0 Å². The summed E-state index contributed by atoms with van der Waals surface area (Å²) in [4.78, 5) is 47.1. The Hall–Kier alpha value is -4.89. The summed E-state index contributed by atoms with van der Waals surface area (Å²) >= 11 is 0. The molecule has 0 aromatic carbocycles. The Labute approximate surface area is 431 Å². The molecule has 4 rings (SSSR count). The molecule has 0 unspecified atom stereocenters. The number of amides is 2. The van der Waals surface area contributed by atoms with Crippen LogP contribution in [-0.4, -0.2) is 176 Å². The summed E-state index contributed by atoms with van der Waals surface area (Å²) in [6.45, 7) is 6.73. The second-order valence-corrected chi connectivity index (χ2v) is 19.3. The number of allylic oxidation sites excluding steroid dienone is 12. The number of fused-ring (bicyclic) bond motifs is 2. The first-order chi connectivity index (χ1) is 35.1. The van der Waals surface area contributed by atoms with E-state index in [1.807, 2.05) is 13.0 Å². The predicted molar refractivity (Wildman–Crippen MR) is 267 cm³/mol. The molecule has 2 amide bonds. The van der Waals surface area contributed by atoms with E-state index in [1.54, 1.807) is 86.8 Å².